The molecule has 2 unspecified atom stereocenters. The van der Waals surface area contributed by atoms with E-state index in [1.165, 1.54) is 32.1 Å². The number of nitrogens with zero attached hydrogens (tertiary/aromatic N) is 1. The molecule has 1 saturated carbocycles. The van der Waals surface area contributed by atoms with E-state index in [-0.39, 0.29) is 23.3 Å². The van der Waals surface area contributed by atoms with Crippen LogP contribution in [0.15, 0.2) is 0 Å². The average molecular weight is 325 g/mol. The molecule has 0 aromatic rings. The van der Waals surface area contributed by atoms with E-state index < -0.39 is 0 Å². The highest BCUT2D eigenvalue weighted by molar-refractivity contribution is 5.81. The third-order valence-electron chi connectivity index (χ3n) is 5.77. The van der Waals surface area contributed by atoms with Crippen LogP contribution in [-0.4, -0.2) is 56.2 Å². The minimum atomic E-state index is -0.385. The SMILES string of the molecule is CCC(C)C(N)C(=O)NCC1(CN2CCOCC2)CCCCC1. The Morgan fingerprint density at radius 3 is 2.52 bits per heavy atom. The number of hydrogen-bond donors (Lipinski definition) is 2. The predicted octanol–water partition coefficient (Wildman–Crippen LogP) is 1.76. The maximum atomic E-state index is 12.4. The van der Waals surface area contributed by atoms with Crippen molar-refractivity contribution in [3.05, 3.63) is 0 Å². The van der Waals surface area contributed by atoms with Crippen molar-refractivity contribution >= 4 is 5.91 Å². The van der Waals surface area contributed by atoms with E-state index in [0.717, 1.165) is 45.8 Å². The monoisotopic (exact) mass is 325 g/mol. The lowest BCUT2D eigenvalue weighted by Crippen LogP contribution is -2.52. The molecule has 1 aliphatic heterocycles. The number of rotatable bonds is 7. The minimum absolute atomic E-state index is 0.0197. The molecule has 2 aliphatic rings. The Morgan fingerprint density at radius 1 is 1.26 bits per heavy atom. The Balaban J connectivity index is 1.91. The van der Waals surface area contributed by atoms with Crippen LogP contribution >= 0.6 is 0 Å². The van der Waals surface area contributed by atoms with Gasteiger partial charge in [0.1, 0.15) is 0 Å². The lowest BCUT2D eigenvalue weighted by Gasteiger charge is -2.42. The second-order valence-electron chi connectivity index (χ2n) is 7.58. The van der Waals surface area contributed by atoms with E-state index in [1.54, 1.807) is 0 Å². The number of amides is 1. The molecule has 1 heterocycles. The second kappa shape index (κ2) is 9.00. The van der Waals surface area contributed by atoms with Gasteiger partial charge in [-0.1, -0.05) is 39.5 Å². The van der Waals surface area contributed by atoms with Crippen LogP contribution in [0, 0.1) is 11.3 Å². The topological polar surface area (TPSA) is 67.6 Å². The van der Waals surface area contributed by atoms with Crippen LogP contribution in [0.4, 0.5) is 0 Å². The van der Waals surface area contributed by atoms with Crippen molar-refractivity contribution in [3.8, 4) is 0 Å². The summed E-state index contributed by atoms with van der Waals surface area (Å²) in [5.41, 5.74) is 6.30. The maximum absolute atomic E-state index is 12.4. The highest BCUT2D eigenvalue weighted by Crippen LogP contribution is 2.36. The predicted molar refractivity (Wildman–Crippen MR) is 93.2 cm³/mol. The third-order valence-corrected chi connectivity index (χ3v) is 5.77. The molecule has 3 N–H and O–H groups in total. The fourth-order valence-electron chi connectivity index (χ4n) is 3.83. The van der Waals surface area contributed by atoms with Crippen LogP contribution in [0.3, 0.4) is 0 Å². The maximum Gasteiger partial charge on any atom is 0.237 e. The number of nitrogens with two attached hydrogens (primary N) is 1. The molecule has 23 heavy (non-hydrogen) atoms. The van der Waals surface area contributed by atoms with Crippen LogP contribution in [0.5, 0.6) is 0 Å². The molecule has 0 aromatic carbocycles. The number of morpholine rings is 1. The first-order valence-corrected chi connectivity index (χ1v) is 9.40. The van der Waals surface area contributed by atoms with Crippen molar-refractivity contribution in [3.63, 3.8) is 0 Å². The molecular formula is C18H35N3O2. The summed E-state index contributed by atoms with van der Waals surface area (Å²) in [4.78, 5) is 14.9. The third kappa shape index (κ3) is 5.44. The molecule has 2 atom stereocenters. The number of hydrogen-bond acceptors (Lipinski definition) is 4. The molecular weight excluding hydrogens is 290 g/mol. The van der Waals surface area contributed by atoms with Gasteiger partial charge in [0.05, 0.1) is 19.3 Å². The molecule has 5 heteroatoms. The molecule has 0 radical (unpaired) electrons. The number of nitrogens with one attached hydrogen (secondary N) is 1. The fourth-order valence-corrected chi connectivity index (χ4v) is 3.83. The molecule has 134 valence electrons. The van der Waals surface area contributed by atoms with E-state index in [9.17, 15) is 4.79 Å². The molecule has 0 spiro atoms. The summed E-state index contributed by atoms with van der Waals surface area (Å²) in [5, 5.41) is 3.18. The van der Waals surface area contributed by atoms with E-state index in [0.29, 0.717) is 0 Å². The normalized spacial score (nSPS) is 24.8. The number of ether oxygens (including phenoxy) is 1. The van der Waals surface area contributed by atoms with Gasteiger partial charge in [-0.25, -0.2) is 0 Å². The molecule has 1 amide bonds. The summed E-state index contributed by atoms with van der Waals surface area (Å²) in [7, 11) is 0. The van der Waals surface area contributed by atoms with Crippen LogP contribution in [-0.2, 0) is 9.53 Å². The smallest absolute Gasteiger partial charge is 0.237 e. The zero-order chi connectivity index (χ0) is 16.7. The molecule has 2 fully saturated rings. The van der Waals surface area contributed by atoms with Crippen molar-refractivity contribution in [1.82, 2.24) is 10.2 Å². The van der Waals surface area contributed by atoms with E-state index in [1.807, 2.05) is 6.92 Å². The Hall–Kier alpha value is -0.650. The fraction of sp³-hybridized carbons (Fsp3) is 0.944. The van der Waals surface area contributed by atoms with Crippen molar-refractivity contribution < 1.29 is 9.53 Å². The van der Waals surface area contributed by atoms with Gasteiger partial charge < -0.3 is 15.8 Å². The zero-order valence-corrected chi connectivity index (χ0v) is 15.0. The second-order valence-corrected chi connectivity index (χ2v) is 7.58. The first-order chi connectivity index (χ1) is 11.1. The lowest BCUT2D eigenvalue weighted by atomic mass is 9.73. The number of carbonyl (C=O) groups is 1. The van der Waals surface area contributed by atoms with Crippen LogP contribution in [0.2, 0.25) is 0 Å². The van der Waals surface area contributed by atoms with Crippen molar-refractivity contribution in [2.24, 2.45) is 17.1 Å². The Kier molecular flexibility index (Phi) is 7.31. The molecule has 5 nitrogen and oxygen atoms in total. The van der Waals surface area contributed by atoms with Gasteiger partial charge in [0.2, 0.25) is 5.91 Å². The lowest BCUT2D eigenvalue weighted by molar-refractivity contribution is -0.124. The largest absolute Gasteiger partial charge is 0.379 e. The minimum Gasteiger partial charge on any atom is -0.379 e. The van der Waals surface area contributed by atoms with Gasteiger partial charge in [0.15, 0.2) is 0 Å². The Bertz CT molecular complexity index is 363. The van der Waals surface area contributed by atoms with Crippen molar-refractivity contribution in [1.29, 1.82) is 0 Å². The van der Waals surface area contributed by atoms with Gasteiger partial charge in [-0.05, 0) is 18.8 Å². The molecule has 1 saturated heterocycles. The van der Waals surface area contributed by atoms with Gasteiger partial charge in [-0.15, -0.1) is 0 Å². The summed E-state index contributed by atoms with van der Waals surface area (Å²) >= 11 is 0. The van der Waals surface area contributed by atoms with Gasteiger partial charge in [-0.2, -0.15) is 0 Å². The van der Waals surface area contributed by atoms with Crippen LogP contribution < -0.4 is 11.1 Å². The summed E-state index contributed by atoms with van der Waals surface area (Å²) < 4.78 is 5.46. The van der Waals surface area contributed by atoms with E-state index in [2.05, 4.69) is 17.1 Å². The van der Waals surface area contributed by atoms with E-state index in [4.69, 9.17) is 10.5 Å². The van der Waals surface area contributed by atoms with Crippen LogP contribution in [0.25, 0.3) is 0 Å². The van der Waals surface area contributed by atoms with Crippen LogP contribution in [0.1, 0.15) is 52.4 Å². The zero-order valence-electron chi connectivity index (χ0n) is 15.0. The van der Waals surface area contributed by atoms with Gasteiger partial charge in [0.25, 0.3) is 0 Å². The Labute approximate surface area is 141 Å². The summed E-state index contributed by atoms with van der Waals surface area (Å²) in [6.07, 6.45) is 7.24. The first kappa shape index (κ1) is 18.7. The number of carbonyl (C=O) groups excluding carboxylic acids is 1. The molecule has 0 bridgehead atoms. The van der Waals surface area contributed by atoms with Gasteiger partial charge in [-0.3, -0.25) is 9.69 Å². The highest BCUT2D eigenvalue weighted by Gasteiger charge is 2.35. The molecule has 0 aromatic heterocycles. The quantitative estimate of drug-likeness (QED) is 0.748. The summed E-state index contributed by atoms with van der Waals surface area (Å²) in [6, 6.07) is -0.385. The van der Waals surface area contributed by atoms with Gasteiger partial charge in [0, 0.05) is 31.6 Å². The molecule has 2 rings (SSSR count). The first-order valence-electron chi connectivity index (χ1n) is 9.40. The summed E-state index contributed by atoms with van der Waals surface area (Å²) in [5.74, 6) is 0.253. The van der Waals surface area contributed by atoms with Crippen molar-refractivity contribution in [2.45, 2.75) is 58.4 Å². The molecule has 1 aliphatic carbocycles. The van der Waals surface area contributed by atoms with E-state index >= 15 is 0 Å². The Morgan fingerprint density at radius 2 is 1.91 bits per heavy atom. The van der Waals surface area contributed by atoms with Crippen molar-refractivity contribution in [2.75, 3.05) is 39.4 Å². The summed E-state index contributed by atoms with van der Waals surface area (Å²) in [6.45, 7) is 9.68. The highest BCUT2D eigenvalue weighted by atomic mass is 16.5. The average Bonchev–Trinajstić information content (AvgIpc) is 2.60. The standard InChI is InChI=1S/C18H35N3O2/c1-3-15(2)16(19)17(22)20-13-18(7-5-4-6-8-18)14-21-9-11-23-12-10-21/h15-16H,3-14,19H2,1-2H3,(H,20,22). The van der Waals surface area contributed by atoms with Gasteiger partial charge >= 0.3 is 0 Å².